The molecule has 1 aliphatic heterocycles. The first-order valence-corrected chi connectivity index (χ1v) is 15.9. The smallest absolute Gasteiger partial charge is 0.226 e. The summed E-state index contributed by atoms with van der Waals surface area (Å²) in [5, 5.41) is 0. The first-order valence-electron chi connectivity index (χ1n) is 15.9. The number of rotatable bonds is 13. The lowest BCUT2D eigenvalue weighted by atomic mass is 10.0. The van der Waals surface area contributed by atoms with Crippen molar-refractivity contribution in [2.24, 2.45) is 0 Å². The molecule has 0 aliphatic carbocycles. The van der Waals surface area contributed by atoms with Crippen molar-refractivity contribution < 1.29 is 9.59 Å². The summed E-state index contributed by atoms with van der Waals surface area (Å²) in [5.41, 5.74) is 7.47. The van der Waals surface area contributed by atoms with Gasteiger partial charge >= 0.3 is 0 Å². The summed E-state index contributed by atoms with van der Waals surface area (Å²) >= 11 is 0. The van der Waals surface area contributed by atoms with E-state index < -0.39 is 0 Å². The molecule has 2 amide bonds. The first kappa shape index (κ1) is 30.1. The molecule has 3 aromatic carbocycles. The van der Waals surface area contributed by atoms with E-state index in [9.17, 15) is 9.59 Å². The van der Waals surface area contributed by atoms with Gasteiger partial charge in [0, 0.05) is 26.1 Å². The molecule has 8 heteroatoms. The van der Waals surface area contributed by atoms with Crippen molar-refractivity contribution in [2.45, 2.75) is 51.5 Å². The van der Waals surface area contributed by atoms with Gasteiger partial charge in [-0.25, -0.2) is 9.97 Å². The molecule has 1 aliphatic rings. The maximum atomic E-state index is 12.7. The summed E-state index contributed by atoms with van der Waals surface area (Å²) < 4.78 is 0. The lowest BCUT2D eigenvalue weighted by Gasteiger charge is -2.20. The molecule has 230 valence electrons. The molecule has 6 rings (SSSR count). The Morgan fingerprint density at radius 3 is 2.18 bits per heavy atom. The largest absolute Gasteiger partial charge is 0.343 e. The maximum absolute atomic E-state index is 12.7. The normalized spacial score (nSPS) is 14.5. The molecule has 1 saturated heterocycles. The molecule has 0 unspecified atom stereocenters. The molecule has 0 bridgehead atoms. The van der Waals surface area contributed by atoms with E-state index in [-0.39, 0.29) is 11.9 Å². The Hall–Kier alpha value is -4.98. The zero-order chi connectivity index (χ0) is 31.0. The predicted octanol–water partition coefficient (Wildman–Crippen LogP) is 6.84. The highest BCUT2D eigenvalue weighted by Gasteiger charge is 2.27. The number of nitrogens with one attached hydrogen (secondary N) is 2. The molecule has 45 heavy (non-hydrogen) atoms. The van der Waals surface area contributed by atoms with Crippen LogP contribution in [0.1, 0.15) is 55.9 Å². The second kappa shape index (κ2) is 14.2. The van der Waals surface area contributed by atoms with Gasteiger partial charge in [-0.15, -0.1) is 0 Å². The average molecular weight is 601 g/mol. The van der Waals surface area contributed by atoms with Crippen LogP contribution in [0.3, 0.4) is 0 Å². The van der Waals surface area contributed by atoms with Crippen LogP contribution < -0.4 is 0 Å². The number of carbonyl (C=O) groups is 2. The molecule has 2 N–H and O–H groups in total. The van der Waals surface area contributed by atoms with Crippen molar-refractivity contribution in [2.75, 3.05) is 19.6 Å². The third-order valence-electron chi connectivity index (χ3n) is 8.72. The van der Waals surface area contributed by atoms with Gasteiger partial charge in [-0.3, -0.25) is 9.59 Å². The Morgan fingerprint density at radius 2 is 1.51 bits per heavy atom. The van der Waals surface area contributed by atoms with Gasteiger partial charge in [0.2, 0.25) is 12.3 Å². The number of hydrogen-bond donors (Lipinski definition) is 2. The van der Waals surface area contributed by atoms with Gasteiger partial charge < -0.3 is 19.8 Å². The number of aromatic amines is 2. The second-order valence-corrected chi connectivity index (χ2v) is 11.7. The van der Waals surface area contributed by atoms with Gasteiger partial charge in [0.15, 0.2) is 0 Å². The lowest BCUT2D eigenvalue weighted by Crippen LogP contribution is -2.33. The van der Waals surface area contributed by atoms with Crippen molar-refractivity contribution in [3.63, 3.8) is 0 Å². The van der Waals surface area contributed by atoms with E-state index in [1.54, 1.807) is 0 Å². The summed E-state index contributed by atoms with van der Waals surface area (Å²) in [6.07, 6.45) is 9.84. The zero-order valence-electron chi connectivity index (χ0n) is 25.8. The van der Waals surface area contributed by atoms with E-state index in [1.165, 1.54) is 0 Å². The third kappa shape index (κ3) is 7.23. The molecule has 0 radical (unpaired) electrons. The lowest BCUT2D eigenvalue weighted by molar-refractivity contribution is -0.130. The summed E-state index contributed by atoms with van der Waals surface area (Å²) in [6.45, 7) is 4.32. The number of unbranched alkanes of at least 4 members (excludes halogenated alkanes) is 1. The second-order valence-electron chi connectivity index (χ2n) is 11.7. The minimum atomic E-state index is 0.0408. The maximum Gasteiger partial charge on any atom is 0.226 e. The van der Waals surface area contributed by atoms with Gasteiger partial charge in [0.05, 0.1) is 36.2 Å². The monoisotopic (exact) mass is 600 g/mol. The number of likely N-dealkylation sites (N-methyl/N-ethyl adjacent to an activating group) is 1. The number of aromatic nitrogens is 4. The van der Waals surface area contributed by atoms with Crippen LogP contribution in [0.4, 0.5) is 0 Å². The summed E-state index contributed by atoms with van der Waals surface area (Å²) in [4.78, 5) is 43.9. The fourth-order valence-electron chi connectivity index (χ4n) is 6.12. The number of hydrogen-bond acceptors (Lipinski definition) is 4. The van der Waals surface area contributed by atoms with Crippen LogP contribution in [0, 0.1) is 0 Å². The van der Waals surface area contributed by atoms with Crippen LogP contribution in [-0.4, -0.2) is 61.7 Å². The van der Waals surface area contributed by atoms with E-state index in [1.807, 2.05) is 59.4 Å². The van der Waals surface area contributed by atoms with E-state index in [2.05, 4.69) is 68.5 Å². The number of likely N-dealkylation sites (tertiary alicyclic amines) is 1. The van der Waals surface area contributed by atoms with Crippen molar-refractivity contribution in [1.82, 2.24) is 29.7 Å². The molecular weight excluding hydrogens is 560 g/mol. The molecule has 1 atom stereocenters. The van der Waals surface area contributed by atoms with Crippen molar-refractivity contribution in [3.8, 4) is 33.6 Å². The standard InChI is InChI=1S/C37H40N6O2/c1-2-42(36(45)23-27-9-4-3-5-10-27)21-7-6-12-35-38-24-32(40-35)30-17-13-28(14-18-30)29-15-19-31(20-16-29)33-25-39-37(41-33)34-11-8-22-43(34)26-44/h3-5,9-10,13-20,24-26,34H,2,6-8,11-12,21-23H2,1H3,(H,38,40)(H,39,41)/t34-/m0/s1. The molecule has 2 aromatic heterocycles. The Balaban J connectivity index is 0.999. The highest BCUT2D eigenvalue weighted by molar-refractivity contribution is 5.78. The van der Waals surface area contributed by atoms with Crippen LogP contribution in [0.2, 0.25) is 0 Å². The summed E-state index contributed by atoms with van der Waals surface area (Å²) in [7, 11) is 0. The molecule has 0 spiro atoms. The zero-order valence-corrected chi connectivity index (χ0v) is 25.8. The van der Waals surface area contributed by atoms with Crippen LogP contribution in [0.15, 0.2) is 91.3 Å². The molecular formula is C37H40N6O2. The van der Waals surface area contributed by atoms with Gasteiger partial charge in [-0.1, -0.05) is 78.9 Å². The molecule has 1 fully saturated rings. The molecule has 5 aromatic rings. The average Bonchev–Trinajstić information content (AvgIpc) is 3.87. The van der Waals surface area contributed by atoms with E-state index in [0.717, 1.165) is 109 Å². The van der Waals surface area contributed by atoms with Gasteiger partial charge in [0.1, 0.15) is 11.6 Å². The fraction of sp³-hybridized carbons (Fsp3) is 0.297. The van der Waals surface area contributed by atoms with Crippen LogP contribution in [0.25, 0.3) is 33.6 Å². The summed E-state index contributed by atoms with van der Waals surface area (Å²) in [6, 6.07) is 27.0. The predicted molar refractivity (Wildman–Crippen MR) is 177 cm³/mol. The number of amides is 2. The number of imidazole rings is 2. The quantitative estimate of drug-likeness (QED) is 0.114. The van der Waals surface area contributed by atoms with Crippen molar-refractivity contribution in [3.05, 3.63) is 108 Å². The topological polar surface area (TPSA) is 98.0 Å². The minimum Gasteiger partial charge on any atom is -0.343 e. The number of benzene rings is 3. The van der Waals surface area contributed by atoms with Crippen LogP contribution in [0.5, 0.6) is 0 Å². The highest BCUT2D eigenvalue weighted by atomic mass is 16.2. The van der Waals surface area contributed by atoms with Crippen molar-refractivity contribution in [1.29, 1.82) is 0 Å². The third-order valence-corrected chi connectivity index (χ3v) is 8.72. The number of nitrogens with zero attached hydrogens (tertiary/aromatic N) is 4. The Kier molecular flexibility index (Phi) is 9.49. The van der Waals surface area contributed by atoms with Crippen LogP contribution in [-0.2, 0) is 22.4 Å². The van der Waals surface area contributed by atoms with Crippen molar-refractivity contribution >= 4 is 12.3 Å². The van der Waals surface area contributed by atoms with E-state index in [0.29, 0.717) is 6.42 Å². The molecule has 3 heterocycles. The van der Waals surface area contributed by atoms with Gasteiger partial charge in [-0.05, 0) is 60.4 Å². The molecule has 8 nitrogen and oxygen atoms in total. The highest BCUT2D eigenvalue weighted by Crippen LogP contribution is 2.31. The van der Waals surface area contributed by atoms with Gasteiger partial charge in [-0.2, -0.15) is 0 Å². The minimum absolute atomic E-state index is 0.0408. The van der Waals surface area contributed by atoms with Gasteiger partial charge in [0.25, 0.3) is 0 Å². The molecule has 0 saturated carbocycles. The SMILES string of the molecule is CCN(CCCCc1ncc(-c2ccc(-c3ccc(-c4cnc([C@@H]5CCCN5C=O)[nH]4)cc3)cc2)[nH]1)C(=O)Cc1ccccc1. The van der Waals surface area contributed by atoms with E-state index >= 15 is 0 Å². The Labute approximate surface area is 264 Å². The number of carbonyl (C=O) groups excluding carboxylic acids is 2. The Morgan fingerprint density at radius 1 is 0.867 bits per heavy atom. The van der Waals surface area contributed by atoms with Crippen LogP contribution >= 0.6 is 0 Å². The number of H-pyrrole nitrogens is 2. The number of aryl methyl sites for hydroxylation is 1. The fourth-order valence-corrected chi connectivity index (χ4v) is 6.12. The van der Waals surface area contributed by atoms with E-state index in [4.69, 9.17) is 0 Å². The first-order chi connectivity index (χ1) is 22.1. The summed E-state index contributed by atoms with van der Waals surface area (Å²) in [5.74, 6) is 2.00. The Bertz CT molecular complexity index is 1690.